The van der Waals surface area contributed by atoms with Crippen molar-refractivity contribution in [1.82, 2.24) is 15.6 Å². The van der Waals surface area contributed by atoms with Crippen molar-refractivity contribution in [2.75, 3.05) is 13.1 Å². The van der Waals surface area contributed by atoms with Gasteiger partial charge in [0.15, 0.2) is 0 Å². The number of carbonyl (C=O) groups excluding carboxylic acids is 1. The molecule has 2 N–H and O–H groups in total. The third kappa shape index (κ3) is 7.01. The molecule has 0 bridgehead atoms. The summed E-state index contributed by atoms with van der Waals surface area (Å²) in [5, 5.41) is 6.22. The van der Waals surface area contributed by atoms with E-state index in [2.05, 4.69) is 29.5 Å². The van der Waals surface area contributed by atoms with E-state index < -0.39 is 0 Å². The topological polar surface area (TPSA) is 54.0 Å². The number of hydrogen-bond acceptors (Lipinski definition) is 3. The Bertz CT molecular complexity index is 338. The van der Waals surface area contributed by atoms with Crippen LogP contribution in [0, 0.1) is 0 Å². The average molecular weight is 249 g/mol. The number of aromatic nitrogens is 1. The minimum atomic E-state index is 0.129. The lowest BCUT2D eigenvalue weighted by Gasteiger charge is -2.08. The van der Waals surface area contributed by atoms with Crippen molar-refractivity contribution in [2.24, 2.45) is 0 Å². The second-order valence-electron chi connectivity index (χ2n) is 4.67. The zero-order valence-corrected chi connectivity index (χ0v) is 11.3. The number of pyridine rings is 1. The highest BCUT2D eigenvalue weighted by Crippen LogP contribution is 1.96. The van der Waals surface area contributed by atoms with Gasteiger partial charge in [-0.3, -0.25) is 9.78 Å². The Morgan fingerprint density at radius 3 is 2.89 bits per heavy atom. The number of amides is 1. The van der Waals surface area contributed by atoms with Crippen molar-refractivity contribution in [3.05, 3.63) is 30.1 Å². The Labute approximate surface area is 109 Å². The molecule has 0 atom stereocenters. The molecule has 1 heterocycles. The van der Waals surface area contributed by atoms with Gasteiger partial charge in [0.1, 0.15) is 0 Å². The first-order valence-corrected chi connectivity index (χ1v) is 6.57. The average Bonchev–Trinajstić information content (AvgIpc) is 2.36. The minimum Gasteiger partial charge on any atom is -0.356 e. The fourth-order valence-electron chi connectivity index (χ4n) is 1.62. The van der Waals surface area contributed by atoms with E-state index in [-0.39, 0.29) is 5.91 Å². The van der Waals surface area contributed by atoms with Gasteiger partial charge in [0.25, 0.3) is 0 Å². The van der Waals surface area contributed by atoms with Crippen LogP contribution in [0.4, 0.5) is 0 Å². The summed E-state index contributed by atoms with van der Waals surface area (Å²) in [6.07, 6.45) is 5.90. The molecule has 0 spiro atoms. The van der Waals surface area contributed by atoms with Crippen LogP contribution in [-0.4, -0.2) is 30.0 Å². The van der Waals surface area contributed by atoms with Crippen molar-refractivity contribution < 1.29 is 4.79 Å². The molecule has 1 aromatic heterocycles. The van der Waals surface area contributed by atoms with Gasteiger partial charge in [-0.15, -0.1) is 0 Å². The smallest absolute Gasteiger partial charge is 0.220 e. The van der Waals surface area contributed by atoms with Crippen LogP contribution >= 0.6 is 0 Å². The van der Waals surface area contributed by atoms with E-state index >= 15 is 0 Å². The predicted molar refractivity (Wildman–Crippen MR) is 73.3 cm³/mol. The van der Waals surface area contributed by atoms with Crippen LogP contribution in [0.15, 0.2) is 24.5 Å². The summed E-state index contributed by atoms with van der Waals surface area (Å²) in [6, 6.07) is 4.42. The third-order valence-electron chi connectivity index (χ3n) is 2.59. The molecule has 1 aromatic rings. The molecular weight excluding hydrogens is 226 g/mol. The summed E-state index contributed by atoms with van der Waals surface area (Å²) in [4.78, 5) is 15.6. The van der Waals surface area contributed by atoms with Gasteiger partial charge in [-0.05, 0) is 31.0 Å². The molecule has 0 aliphatic rings. The Morgan fingerprint density at radius 2 is 2.22 bits per heavy atom. The molecule has 0 unspecified atom stereocenters. The van der Waals surface area contributed by atoms with Crippen molar-refractivity contribution in [2.45, 2.75) is 39.2 Å². The molecular formula is C14H23N3O. The van der Waals surface area contributed by atoms with Gasteiger partial charge in [-0.2, -0.15) is 0 Å². The molecule has 1 amide bonds. The molecule has 0 saturated carbocycles. The summed E-state index contributed by atoms with van der Waals surface area (Å²) in [5.41, 5.74) is 1.15. The fourth-order valence-corrected chi connectivity index (χ4v) is 1.62. The van der Waals surface area contributed by atoms with Gasteiger partial charge < -0.3 is 10.6 Å². The number of nitrogens with one attached hydrogen (secondary N) is 2. The molecule has 0 aliphatic carbocycles. The van der Waals surface area contributed by atoms with E-state index in [9.17, 15) is 4.79 Å². The molecule has 18 heavy (non-hydrogen) atoms. The Morgan fingerprint density at radius 1 is 1.39 bits per heavy atom. The predicted octanol–water partition coefficient (Wildman–Crippen LogP) is 1.52. The maximum Gasteiger partial charge on any atom is 0.220 e. The van der Waals surface area contributed by atoms with Crippen molar-refractivity contribution in [3.63, 3.8) is 0 Å². The number of carbonyl (C=O) groups is 1. The molecule has 0 aliphatic heterocycles. The van der Waals surface area contributed by atoms with Gasteiger partial charge in [-0.1, -0.05) is 19.9 Å². The van der Waals surface area contributed by atoms with Gasteiger partial charge >= 0.3 is 0 Å². The van der Waals surface area contributed by atoms with E-state index in [1.54, 1.807) is 6.20 Å². The second kappa shape index (κ2) is 8.64. The van der Waals surface area contributed by atoms with Crippen LogP contribution in [0.3, 0.4) is 0 Å². The Balaban J connectivity index is 2.03. The highest BCUT2D eigenvalue weighted by Gasteiger charge is 2.01. The van der Waals surface area contributed by atoms with Gasteiger partial charge in [0.05, 0.1) is 0 Å². The summed E-state index contributed by atoms with van der Waals surface area (Å²) < 4.78 is 0. The number of hydrogen-bond donors (Lipinski definition) is 2. The molecule has 1 rings (SSSR count). The molecule has 0 radical (unpaired) electrons. The first-order chi connectivity index (χ1) is 8.68. The SMILES string of the molecule is CC(C)NCCCC(=O)NCCc1cccnc1. The van der Waals surface area contributed by atoms with Crippen LogP contribution in [-0.2, 0) is 11.2 Å². The largest absolute Gasteiger partial charge is 0.356 e. The van der Waals surface area contributed by atoms with Crippen LogP contribution in [0.2, 0.25) is 0 Å². The van der Waals surface area contributed by atoms with Crippen LogP contribution in [0.1, 0.15) is 32.3 Å². The molecule has 4 nitrogen and oxygen atoms in total. The highest BCUT2D eigenvalue weighted by atomic mass is 16.1. The second-order valence-corrected chi connectivity index (χ2v) is 4.67. The summed E-state index contributed by atoms with van der Waals surface area (Å²) in [6.45, 7) is 5.79. The molecule has 100 valence electrons. The lowest BCUT2D eigenvalue weighted by Crippen LogP contribution is -2.28. The fraction of sp³-hybridized carbons (Fsp3) is 0.571. The lowest BCUT2D eigenvalue weighted by molar-refractivity contribution is -0.121. The van der Waals surface area contributed by atoms with Crippen molar-refractivity contribution in [3.8, 4) is 0 Å². The van der Waals surface area contributed by atoms with E-state index in [1.165, 1.54) is 0 Å². The summed E-state index contributed by atoms with van der Waals surface area (Å²) in [5.74, 6) is 0.129. The van der Waals surface area contributed by atoms with E-state index in [0.717, 1.165) is 24.9 Å². The lowest BCUT2D eigenvalue weighted by atomic mass is 10.2. The van der Waals surface area contributed by atoms with Crippen LogP contribution in [0.25, 0.3) is 0 Å². The maximum absolute atomic E-state index is 11.5. The summed E-state index contributed by atoms with van der Waals surface area (Å²) in [7, 11) is 0. The zero-order valence-electron chi connectivity index (χ0n) is 11.3. The Kier molecular flexibility index (Phi) is 7.03. The van der Waals surface area contributed by atoms with Gasteiger partial charge in [0.2, 0.25) is 5.91 Å². The zero-order chi connectivity index (χ0) is 13.2. The van der Waals surface area contributed by atoms with E-state index in [4.69, 9.17) is 0 Å². The van der Waals surface area contributed by atoms with Crippen LogP contribution < -0.4 is 10.6 Å². The van der Waals surface area contributed by atoms with Gasteiger partial charge in [0, 0.05) is 31.4 Å². The summed E-state index contributed by atoms with van der Waals surface area (Å²) >= 11 is 0. The minimum absolute atomic E-state index is 0.129. The number of rotatable bonds is 8. The van der Waals surface area contributed by atoms with Crippen molar-refractivity contribution in [1.29, 1.82) is 0 Å². The molecule has 0 fully saturated rings. The third-order valence-corrected chi connectivity index (χ3v) is 2.59. The first-order valence-electron chi connectivity index (χ1n) is 6.57. The molecule has 4 heteroatoms. The number of nitrogens with zero attached hydrogens (tertiary/aromatic N) is 1. The highest BCUT2D eigenvalue weighted by molar-refractivity contribution is 5.75. The molecule has 0 aromatic carbocycles. The Hall–Kier alpha value is -1.42. The molecule has 0 saturated heterocycles. The van der Waals surface area contributed by atoms with Gasteiger partial charge in [-0.25, -0.2) is 0 Å². The van der Waals surface area contributed by atoms with Crippen LogP contribution in [0.5, 0.6) is 0 Å². The first kappa shape index (κ1) is 14.6. The van der Waals surface area contributed by atoms with E-state index in [0.29, 0.717) is 19.0 Å². The standard InChI is InChI=1S/C14H23N3O/c1-12(2)16-9-4-6-14(18)17-10-7-13-5-3-8-15-11-13/h3,5,8,11-12,16H,4,6-7,9-10H2,1-2H3,(H,17,18). The monoisotopic (exact) mass is 249 g/mol. The maximum atomic E-state index is 11.5. The quantitative estimate of drug-likeness (QED) is 0.687. The van der Waals surface area contributed by atoms with Crippen molar-refractivity contribution >= 4 is 5.91 Å². The normalized spacial score (nSPS) is 10.6. The van der Waals surface area contributed by atoms with E-state index in [1.807, 2.05) is 18.3 Å².